The van der Waals surface area contributed by atoms with Gasteiger partial charge < -0.3 is 9.64 Å². The fourth-order valence-corrected chi connectivity index (χ4v) is 3.02. The average molecular weight is 327 g/mol. The van der Waals surface area contributed by atoms with E-state index in [0.29, 0.717) is 18.0 Å². The predicted molar refractivity (Wildman–Crippen MR) is 82.3 cm³/mol. The van der Waals surface area contributed by atoms with E-state index >= 15 is 0 Å². The van der Waals surface area contributed by atoms with Crippen molar-refractivity contribution in [3.8, 4) is 5.88 Å². The number of nitrogens with one attached hydrogen (secondary N) is 1. The van der Waals surface area contributed by atoms with Gasteiger partial charge in [-0.15, -0.1) is 0 Å². The minimum Gasteiger partial charge on any atom is -0.481 e. The highest BCUT2D eigenvalue weighted by atomic mass is 32.2. The van der Waals surface area contributed by atoms with Crippen LogP contribution in [0.5, 0.6) is 5.88 Å². The van der Waals surface area contributed by atoms with Crippen LogP contribution in [-0.4, -0.2) is 56.7 Å². The third-order valence-electron chi connectivity index (χ3n) is 3.66. The summed E-state index contributed by atoms with van der Waals surface area (Å²) in [4.78, 5) is 18.4. The normalized spacial score (nSPS) is 19.0. The number of sulfonamides is 1. The van der Waals surface area contributed by atoms with E-state index in [1.165, 1.54) is 13.3 Å². The molecule has 2 heterocycles. The lowest BCUT2D eigenvalue weighted by atomic mass is 10.0. The molecule has 0 unspecified atom stereocenters. The zero-order chi connectivity index (χ0) is 16.2. The molecule has 0 saturated carbocycles. The first-order chi connectivity index (χ1) is 10.4. The smallest absolute Gasteiger partial charge is 0.255 e. The molecule has 1 N–H and O–H groups in total. The first-order valence-corrected chi connectivity index (χ1v) is 9.05. The lowest BCUT2D eigenvalue weighted by molar-refractivity contribution is 0.0618. The molecular weight excluding hydrogens is 306 g/mol. The Morgan fingerprint density at radius 1 is 1.45 bits per heavy atom. The fraction of sp³-hybridized carbons (Fsp3) is 0.571. The van der Waals surface area contributed by atoms with Gasteiger partial charge in [0.2, 0.25) is 15.9 Å². The molecule has 8 heteroatoms. The summed E-state index contributed by atoms with van der Waals surface area (Å²) in [5, 5.41) is 0. The standard InChI is InChI=1S/C14H21N3O4S/c1-21-13-7-6-11(9-15-13)14(18)17-8-4-3-5-12(17)10-16-22(2,19)20/h6-7,9,12,16H,3-5,8,10H2,1-2H3/t12-/m1/s1. The molecule has 1 atom stereocenters. The van der Waals surface area contributed by atoms with E-state index < -0.39 is 10.0 Å². The van der Waals surface area contributed by atoms with E-state index in [4.69, 9.17) is 4.74 Å². The zero-order valence-corrected chi connectivity index (χ0v) is 13.6. The van der Waals surface area contributed by atoms with Crippen LogP contribution in [0.4, 0.5) is 0 Å². The van der Waals surface area contributed by atoms with Crippen LogP contribution in [0.3, 0.4) is 0 Å². The number of carbonyl (C=O) groups is 1. The summed E-state index contributed by atoms with van der Waals surface area (Å²) in [5.41, 5.74) is 0.479. The highest BCUT2D eigenvalue weighted by Crippen LogP contribution is 2.20. The van der Waals surface area contributed by atoms with Gasteiger partial charge in [-0.1, -0.05) is 0 Å². The van der Waals surface area contributed by atoms with Gasteiger partial charge in [0.1, 0.15) is 0 Å². The third-order valence-corrected chi connectivity index (χ3v) is 4.35. The number of amides is 1. The van der Waals surface area contributed by atoms with Crippen molar-refractivity contribution in [2.75, 3.05) is 26.5 Å². The van der Waals surface area contributed by atoms with E-state index in [1.807, 2.05) is 0 Å². The van der Waals surface area contributed by atoms with Gasteiger partial charge in [-0.3, -0.25) is 4.79 Å². The molecule has 1 aromatic rings. The van der Waals surface area contributed by atoms with Gasteiger partial charge >= 0.3 is 0 Å². The second kappa shape index (κ2) is 7.06. The second-order valence-electron chi connectivity index (χ2n) is 5.36. The zero-order valence-electron chi connectivity index (χ0n) is 12.8. The molecule has 1 aliphatic rings. The van der Waals surface area contributed by atoms with Gasteiger partial charge in [-0.25, -0.2) is 18.1 Å². The lowest BCUT2D eigenvalue weighted by Gasteiger charge is -2.35. The highest BCUT2D eigenvalue weighted by Gasteiger charge is 2.28. The molecule has 1 saturated heterocycles. The number of rotatable bonds is 5. The summed E-state index contributed by atoms with van der Waals surface area (Å²) < 4.78 is 30.0. The van der Waals surface area contributed by atoms with Crippen molar-refractivity contribution in [2.24, 2.45) is 0 Å². The van der Waals surface area contributed by atoms with Crippen molar-refractivity contribution in [1.29, 1.82) is 0 Å². The number of pyridine rings is 1. The quantitative estimate of drug-likeness (QED) is 0.857. The molecule has 22 heavy (non-hydrogen) atoms. The fourth-order valence-electron chi connectivity index (χ4n) is 2.52. The maximum Gasteiger partial charge on any atom is 0.255 e. The molecule has 1 fully saturated rings. The number of piperidine rings is 1. The van der Waals surface area contributed by atoms with Gasteiger partial charge in [0, 0.05) is 31.4 Å². The van der Waals surface area contributed by atoms with E-state index in [2.05, 4.69) is 9.71 Å². The Morgan fingerprint density at radius 2 is 2.23 bits per heavy atom. The van der Waals surface area contributed by atoms with Gasteiger partial charge in [0.25, 0.3) is 5.91 Å². The van der Waals surface area contributed by atoms with Crippen LogP contribution in [-0.2, 0) is 10.0 Å². The van der Waals surface area contributed by atoms with Crippen LogP contribution in [0, 0.1) is 0 Å². The third kappa shape index (κ3) is 4.41. The van der Waals surface area contributed by atoms with Gasteiger partial charge in [-0.05, 0) is 25.3 Å². The molecule has 2 rings (SSSR count). The summed E-state index contributed by atoms with van der Waals surface area (Å²) in [6.45, 7) is 0.870. The Balaban J connectivity index is 2.10. The summed E-state index contributed by atoms with van der Waals surface area (Å²) in [5.74, 6) is 0.320. The van der Waals surface area contributed by atoms with Crippen molar-refractivity contribution in [1.82, 2.24) is 14.6 Å². The number of carbonyl (C=O) groups excluding carboxylic acids is 1. The minimum absolute atomic E-state index is 0.127. The molecule has 7 nitrogen and oxygen atoms in total. The molecule has 122 valence electrons. The van der Waals surface area contributed by atoms with Crippen molar-refractivity contribution in [2.45, 2.75) is 25.3 Å². The first-order valence-electron chi connectivity index (χ1n) is 7.16. The summed E-state index contributed by atoms with van der Waals surface area (Å²) >= 11 is 0. The molecule has 1 aliphatic heterocycles. The number of ether oxygens (including phenoxy) is 1. The number of nitrogens with zero attached hydrogens (tertiary/aromatic N) is 2. The average Bonchev–Trinajstić information content (AvgIpc) is 2.52. The SMILES string of the molecule is COc1ccc(C(=O)N2CCCC[C@@H]2CNS(C)(=O)=O)cn1. The first kappa shape index (κ1) is 16.7. The topological polar surface area (TPSA) is 88.6 Å². The van der Waals surface area contributed by atoms with Crippen LogP contribution < -0.4 is 9.46 Å². The summed E-state index contributed by atoms with van der Waals surface area (Å²) in [6, 6.07) is 3.18. The number of aromatic nitrogens is 1. The van der Waals surface area contributed by atoms with Crippen molar-refractivity contribution < 1.29 is 17.9 Å². The maximum absolute atomic E-state index is 12.6. The Bertz CT molecular complexity index is 615. The maximum atomic E-state index is 12.6. The Hall–Kier alpha value is -1.67. The molecule has 0 bridgehead atoms. The minimum atomic E-state index is -3.26. The van der Waals surface area contributed by atoms with Crippen LogP contribution >= 0.6 is 0 Å². The second-order valence-corrected chi connectivity index (χ2v) is 7.19. The highest BCUT2D eigenvalue weighted by molar-refractivity contribution is 7.88. The molecular formula is C14H21N3O4S. The van der Waals surface area contributed by atoms with E-state index in [0.717, 1.165) is 25.5 Å². The molecule has 1 aromatic heterocycles. The van der Waals surface area contributed by atoms with E-state index in [9.17, 15) is 13.2 Å². The number of hydrogen-bond donors (Lipinski definition) is 1. The summed E-state index contributed by atoms with van der Waals surface area (Å²) in [6.07, 6.45) is 5.30. The lowest BCUT2D eigenvalue weighted by Crippen LogP contribution is -2.49. The van der Waals surface area contributed by atoms with Gasteiger partial charge in [-0.2, -0.15) is 0 Å². The van der Waals surface area contributed by atoms with Crippen LogP contribution in [0.2, 0.25) is 0 Å². The largest absolute Gasteiger partial charge is 0.481 e. The monoisotopic (exact) mass is 327 g/mol. The Morgan fingerprint density at radius 3 is 2.82 bits per heavy atom. The van der Waals surface area contributed by atoms with Crippen LogP contribution in [0.1, 0.15) is 29.6 Å². The van der Waals surface area contributed by atoms with Crippen LogP contribution in [0.15, 0.2) is 18.3 Å². The van der Waals surface area contributed by atoms with Gasteiger partial charge in [0.15, 0.2) is 0 Å². The number of likely N-dealkylation sites (tertiary alicyclic amines) is 1. The molecule has 1 amide bonds. The van der Waals surface area contributed by atoms with Crippen molar-refractivity contribution in [3.05, 3.63) is 23.9 Å². The van der Waals surface area contributed by atoms with Crippen LogP contribution in [0.25, 0.3) is 0 Å². The molecule has 0 radical (unpaired) electrons. The van der Waals surface area contributed by atoms with Crippen molar-refractivity contribution in [3.63, 3.8) is 0 Å². The van der Waals surface area contributed by atoms with E-state index in [-0.39, 0.29) is 18.5 Å². The molecule has 0 spiro atoms. The molecule has 0 aliphatic carbocycles. The number of methoxy groups -OCH3 is 1. The molecule has 0 aromatic carbocycles. The number of hydrogen-bond acceptors (Lipinski definition) is 5. The Labute approximate surface area is 130 Å². The van der Waals surface area contributed by atoms with Crippen molar-refractivity contribution >= 4 is 15.9 Å². The summed E-state index contributed by atoms with van der Waals surface area (Å²) in [7, 11) is -1.75. The Kier molecular flexibility index (Phi) is 5.36. The van der Waals surface area contributed by atoms with E-state index in [1.54, 1.807) is 17.0 Å². The predicted octanol–water partition coefficient (Wildman–Crippen LogP) is 0.634. The van der Waals surface area contributed by atoms with Gasteiger partial charge in [0.05, 0.1) is 18.9 Å².